The number of carbonyl (C=O) groups excluding carboxylic acids is 1. The fourth-order valence-electron chi connectivity index (χ4n) is 2.68. The van der Waals surface area contributed by atoms with Gasteiger partial charge in [-0.25, -0.2) is 4.79 Å². The summed E-state index contributed by atoms with van der Waals surface area (Å²) in [5, 5.41) is 9.86. The number of carbonyl (C=O) groups is 1. The highest BCUT2D eigenvalue weighted by Gasteiger charge is 2.18. The van der Waals surface area contributed by atoms with Crippen molar-refractivity contribution in [2.24, 2.45) is 0 Å². The molecule has 1 aromatic carbocycles. The molecule has 25 heavy (non-hydrogen) atoms. The predicted octanol–water partition coefficient (Wildman–Crippen LogP) is 2.18. The molecule has 2 N–H and O–H groups in total. The second kappa shape index (κ2) is 7.89. The number of hydrogen-bond acceptors (Lipinski definition) is 5. The topological polar surface area (TPSA) is 86.6 Å². The van der Waals surface area contributed by atoms with Crippen LogP contribution in [0.5, 0.6) is 11.5 Å². The molecule has 0 unspecified atom stereocenters. The molecule has 1 fully saturated rings. The van der Waals surface area contributed by atoms with Crippen molar-refractivity contribution in [3.05, 3.63) is 36.2 Å². The summed E-state index contributed by atoms with van der Waals surface area (Å²) in [5.74, 6) is 1.28. The van der Waals surface area contributed by atoms with E-state index in [1.54, 1.807) is 20.4 Å². The van der Waals surface area contributed by atoms with Crippen molar-refractivity contribution in [3.8, 4) is 11.5 Å². The number of ether oxygens (including phenoxy) is 3. The second-order valence-electron chi connectivity index (χ2n) is 5.72. The lowest BCUT2D eigenvalue weighted by Gasteiger charge is -2.10. The SMILES string of the molecule is COc1ccc(CNC(=O)Nc2cnn([C@H]3CCOC3)c2)cc1OC. The van der Waals surface area contributed by atoms with E-state index in [1.807, 2.05) is 29.1 Å². The molecule has 0 aliphatic carbocycles. The number of benzene rings is 1. The third-order valence-corrected chi connectivity index (χ3v) is 4.04. The van der Waals surface area contributed by atoms with Crippen molar-refractivity contribution in [3.63, 3.8) is 0 Å². The number of methoxy groups -OCH3 is 2. The maximum absolute atomic E-state index is 12.1. The summed E-state index contributed by atoms with van der Waals surface area (Å²) < 4.78 is 17.6. The Balaban J connectivity index is 1.52. The van der Waals surface area contributed by atoms with Crippen LogP contribution in [0.4, 0.5) is 10.5 Å². The molecule has 1 aliphatic heterocycles. The Morgan fingerprint density at radius 3 is 2.92 bits per heavy atom. The number of amides is 2. The molecule has 3 rings (SSSR count). The zero-order chi connectivity index (χ0) is 17.6. The largest absolute Gasteiger partial charge is 0.493 e. The van der Waals surface area contributed by atoms with Crippen LogP contribution >= 0.6 is 0 Å². The van der Waals surface area contributed by atoms with Crippen LogP contribution in [0.3, 0.4) is 0 Å². The quantitative estimate of drug-likeness (QED) is 0.837. The summed E-state index contributed by atoms with van der Waals surface area (Å²) in [5.41, 5.74) is 1.56. The van der Waals surface area contributed by atoms with Gasteiger partial charge in [0.2, 0.25) is 0 Å². The second-order valence-corrected chi connectivity index (χ2v) is 5.72. The van der Waals surface area contributed by atoms with Crippen LogP contribution in [-0.4, -0.2) is 43.2 Å². The van der Waals surface area contributed by atoms with Gasteiger partial charge in [-0.05, 0) is 24.1 Å². The average molecular weight is 346 g/mol. The molecule has 0 radical (unpaired) electrons. The van der Waals surface area contributed by atoms with E-state index in [9.17, 15) is 4.79 Å². The standard InChI is InChI=1S/C17H22N4O4/c1-23-15-4-3-12(7-16(15)24-2)8-18-17(22)20-13-9-19-21(10-13)14-5-6-25-11-14/h3-4,7,9-10,14H,5-6,8,11H2,1-2H3,(H2,18,20,22)/t14-/m0/s1. The van der Waals surface area contributed by atoms with Gasteiger partial charge in [0.25, 0.3) is 0 Å². The first-order valence-electron chi connectivity index (χ1n) is 8.07. The van der Waals surface area contributed by atoms with Crippen LogP contribution in [0, 0.1) is 0 Å². The van der Waals surface area contributed by atoms with Crippen LogP contribution in [-0.2, 0) is 11.3 Å². The predicted molar refractivity (Wildman–Crippen MR) is 92.1 cm³/mol. The molecule has 0 saturated carbocycles. The summed E-state index contributed by atoms with van der Waals surface area (Å²) in [7, 11) is 3.16. The number of hydrogen-bond donors (Lipinski definition) is 2. The van der Waals surface area contributed by atoms with Crippen LogP contribution in [0.2, 0.25) is 0 Å². The van der Waals surface area contributed by atoms with Crippen molar-refractivity contribution < 1.29 is 19.0 Å². The lowest BCUT2D eigenvalue weighted by molar-refractivity contribution is 0.184. The summed E-state index contributed by atoms with van der Waals surface area (Å²) in [6, 6.07) is 5.46. The molecular formula is C17H22N4O4. The summed E-state index contributed by atoms with van der Waals surface area (Å²) >= 11 is 0. The first kappa shape index (κ1) is 17.1. The van der Waals surface area contributed by atoms with Gasteiger partial charge in [-0.3, -0.25) is 4.68 Å². The molecule has 134 valence electrons. The van der Waals surface area contributed by atoms with Gasteiger partial charge in [-0.15, -0.1) is 0 Å². The molecular weight excluding hydrogens is 324 g/mol. The number of anilines is 1. The Kier molecular flexibility index (Phi) is 5.39. The van der Waals surface area contributed by atoms with Gasteiger partial charge in [0.15, 0.2) is 11.5 Å². The molecule has 0 spiro atoms. The maximum atomic E-state index is 12.1. The number of nitrogens with one attached hydrogen (secondary N) is 2. The lowest BCUT2D eigenvalue weighted by Crippen LogP contribution is -2.28. The van der Waals surface area contributed by atoms with Gasteiger partial charge in [-0.2, -0.15) is 5.10 Å². The van der Waals surface area contributed by atoms with Gasteiger partial charge in [-0.1, -0.05) is 6.07 Å². The lowest BCUT2D eigenvalue weighted by atomic mass is 10.2. The van der Waals surface area contributed by atoms with Crippen molar-refractivity contribution in [2.75, 3.05) is 32.8 Å². The van der Waals surface area contributed by atoms with E-state index in [0.717, 1.165) is 18.6 Å². The van der Waals surface area contributed by atoms with Crippen molar-refractivity contribution in [2.45, 2.75) is 19.0 Å². The molecule has 2 heterocycles. The minimum atomic E-state index is -0.294. The first-order valence-corrected chi connectivity index (χ1v) is 8.07. The third kappa shape index (κ3) is 4.21. The van der Waals surface area contributed by atoms with Crippen LogP contribution in [0.1, 0.15) is 18.0 Å². The van der Waals surface area contributed by atoms with E-state index in [-0.39, 0.29) is 12.1 Å². The average Bonchev–Trinajstić information content (AvgIpc) is 3.31. The van der Waals surface area contributed by atoms with E-state index >= 15 is 0 Å². The molecule has 1 aliphatic rings. The van der Waals surface area contributed by atoms with Gasteiger partial charge < -0.3 is 24.8 Å². The van der Waals surface area contributed by atoms with Crippen molar-refractivity contribution in [1.29, 1.82) is 0 Å². The first-order chi connectivity index (χ1) is 12.2. The van der Waals surface area contributed by atoms with E-state index in [0.29, 0.717) is 30.3 Å². The Bertz CT molecular complexity index is 725. The van der Waals surface area contributed by atoms with E-state index in [1.165, 1.54) is 0 Å². The summed E-state index contributed by atoms with van der Waals surface area (Å²) in [6.07, 6.45) is 4.39. The molecule has 2 amide bonds. The van der Waals surface area contributed by atoms with Crippen LogP contribution < -0.4 is 20.1 Å². The molecule has 1 saturated heterocycles. The fraction of sp³-hybridized carbons (Fsp3) is 0.412. The summed E-state index contributed by atoms with van der Waals surface area (Å²) in [4.78, 5) is 12.1. The van der Waals surface area contributed by atoms with Gasteiger partial charge in [0.1, 0.15) is 0 Å². The molecule has 8 nitrogen and oxygen atoms in total. The minimum absolute atomic E-state index is 0.241. The molecule has 8 heteroatoms. The highest BCUT2D eigenvalue weighted by atomic mass is 16.5. The van der Waals surface area contributed by atoms with Gasteiger partial charge in [0, 0.05) is 19.3 Å². The smallest absolute Gasteiger partial charge is 0.319 e. The van der Waals surface area contributed by atoms with Crippen molar-refractivity contribution in [1.82, 2.24) is 15.1 Å². The third-order valence-electron chi connectivity index (χ3n) is 4.04. The number of urea groups is 1. The zero-order valence-electron chi connectivity index (χ0n) is 14.3. The normalized spacial score (nSPS) is 16.5. The number of rotatable bonds is 6. The van der Waals surface area contributed by atoms with Crippen LogP contribution in [0.25, 0.3) is 0 Å². The summed E-state index contributed by atoms with van der Waals surface area (Å²) in [6.45, 7) is 1.78. The monoisotopic (exact) mass is 346 g/mol. The maximum Gasteiger partial charge on any atom is 0.319 e. The molecule has 1 aromatic heterocycles. The minimum Gasteiger partial charge on any atom is -0.493 e. The van der Waals surface area contributed by atoms with Gasteiger partial charge in [0.05, 0.1) is 38.8 Å². The molecule has 2 aromatic rings. The Labute approximate surface area is 146 Å². The highest BCUT2D eigenvalue weighted by Crippen LogP contribution is 2.27. The zero-order valence-corrected chi connectivity index (χ0v) is 14.3. The van der Waals surface area contributed by atoms with Crippen molar-refractivity contribution >= 4 is 11.7 Å². The number of nitrogens with zero attached hydrogens (tertiary/aromatic N) is 2. The highest BCUT2D eigenvalue weighted by molar-refractivity contribution is 5.88. The molecule has 0 bridgehead atoms. The Morgan fingerprint density at radius 1 is 1.36 bits per heavy atom. The fourth-order valence-corrected chi connectivity index (χ4v) is 2.68. The number of aromatic nitrogens is 2. The van der Waals surface area contributed by atoms with Crippen LogP contribution in [0.15, 0.2) is 30.6 Å². The molecule has 1 atom stereocenters. The van der Waals surface area contributed by atoms with E-state index in [4.69, 9.17) is 14.2 Å². The Morgan fingerprint density at radius 2 is 2.20 bits per heavy atom. The Hall–Kier alpha value is -2.74. The van der Waals surface area contributed by atoms with E-state index < -0.39 is 0 Å². The van der Waals surface area contributed by atoms with E-state index in [2.05, 4.69) is 15.7 Å². The van der Waals surface area contributed by atoms with Gasteiger partial charge >= 0.3 is 6.03 Å².